The molecular formula is C10H10ClN3O2. The summed E-state index contributed by atoms with van der Waals surface area (Å²) in [5.41, 5.74) is 6.94. The first-order chi connectivity index (χ1) is 7.56. The largest absolute Gasteiger partial charge is 0.480 e. The second kappa shape index (κ2) is 4.11. The topological polar surface area (TPSA) is 92.0 Å². The molecule has 0 amide bonds. The molecule has 4 N–H and O–H groups in total. The Kier molecular flexibility index (Phi) is 2.80. The molecule has 0 spiro atoms. The number of halogens is 1. The van der Waals surface area contributed by atoms with Crippen molar-refractivity contribution in [3.8, 4) is 0 Å². The van der Waals surface area contributed by atoms with Crippen LogP contribution in [0.15, 0.2) is 18.2 Å². The molecule has 84 valence electrons. The molecule has 0 aliphatic carbocycles. The van der Waals surface area contributed by atoms with Gasteiger partial charge >= 0.3 is 5.97 Å². The Labute approximate surface area is 96.2 Å². The van der Waals surface area contributed by atoms with Crippen molar-refractivity contribution in [3.63, 3.8) is 0 Å². The van der Waals surface area contributed by atoms with E-state index in [-0.39, 0.29) is 6.42 Å². The van der Waals surface area contributed by atoms with Crippen LogP contribution in [0.4, 0.5) is 0 Å². The Morgan fingerprint density at radius 3 is 3.06 bits per heavy atom. The number of rotatable bonds is 3. The highest BCUT2D eigenvalue weighted by molar-refractivity contribution is 6.31. The second-order valence-electron chi connectivity index (χ2n) is 3.49. The number of fused-ring (bicyclic) bond motifs is 1. The maximum Gasteiger partial charge on any atom is 0.320 e. The number of imidazole rings is 1. The van der Waals surface area contributed by atoms with Crippen molar-refractivity contribution in [2.24, 2.45) is 5.73 Å². The van der Waals surface area contributed by atoms with E-state index in [1.165, 1.54) is 0 Å². The maximum atomic E-state index is 10.6. The Morgan fingerprint density at radius 1 is 1.62 bits per heavy atom. The van der Waals surface area contributed by atoms with Crippen LogP contribution in [-0.4, -0.2) is 27.1 Å². The average Bonchev–Trinajstić information content (AvgIpc) is 2.58. The summed E-state index contributed by atoms with van der Waals surface area (Å²) in [6, 6.07) is 4.28. The normalized spacial score (nSPS) is 12.9. The van der Waals surface area contributed by atoms with E-state index in [0.717, 1.165) is 11.0 Å². The van der Waals surface area contributed by atoms with E-state index in [4.69, 9.17) is 22.4 Å². The molecule has 0 saturated heterocycles. The molecule has 1 atom stereocenters. The molecule has 1 aromatic carbocycles. The molecule has 0 fully saturated rings. The van der Waals surface area contributed by atoms with Crippen molar-refractivity contribution in [2.45, 2.75) is 12.5 Å². The Morgan fingerprint density at radius 2 is 2.38 bits per heavy atom. The zero-order valence-corrected chi connectivity index (χ0v) is 9.03. The number of benzene rings is 1. The number of hydrogen-bond donors (Lipinski definition) is 3. The predicted octanol–water partition coefficient (Wildman–Crippen LogP) is 1.17. The number of nitrogens with one attached hydrogen (secondary N) is 1. The molecule has 1 aromatic heterocycles. The van der Waals surface area contributed by atoms with E-state index < -0.39 is 12.0 Å². The molecule has 2 rings (SSSR count). The lowest BCUT2D eigenvalue weighted by molar-refractivity contribution is -0.138. The minimum Gasteiger partial charge on any atom is -0.480 e. The van der Waals surface area contributed by atoms with Gasteiger partial charge in [-0.25, -0.2) is 4.98 Å². The Balaban J connectivity index is 2.29. The summed E-state index contributed by atoms with van der Waals surface area (Å²) >= 11 is 5.82. The standard InChI is InChI=1S/C10H10ClN3O2/c11-5-1-2-7-8(3-5)14-9(13-7)4-6(12)10(15)16/h1-3,6H,4,12H2,(H,13,14)(H,15,16)/t6-/m0/s1. The van der Waals surface area contributed by atoms with Crippen LogP contribution >= 0.6 is 11.6 Å². The van der Waals surface area contributed by atoms with Crippen LogP contribution < -0.4 is 5.73 Å². The number of aromatic amines is 1. The van der Waals surface area contributed by atoms with Crippen LogP contribution in [0.3, 0.4) is 0 Å². The minimum atomic E-state index is -1.04. The molecule has 0 aliphatic rings. The molecule has 0 saturated carbocycles. The van der Waals surface area contributed by atoms with Gasteiger partial charge in [0.05, 0.1) is 11.0 Å². The smallest absolute Gasteiger partial charge is 0.320 e. The molecule has 0 aliphatic heterocycles. The number of aromatic nitrogens is 2. The molecule has 5 nitrogen and oxygen atoms in total. The zero-order valence-electron chi connectivity index (χ0n) is 8.27. The van der Waals surface area contributed by atoms with E-state index in [0.29, 0.717) is 10.8 Å². The molecule has 1 heterocycles. The van der Waals surface area contributed by atoms with E-state index in [1.807, 2.05) is 0 Å². The summed E-state index contributed by atoms with van der Waals surface area (Å²) in [5, 5.41) is 9.28. The van der Waals surface area contributed by atoms with Gasteiger partial charge in [0, 0.05) is 11.4 Å². The average molecular weight is 240 g/mol. The van der Waals surface area contributed by atoms with Crippen LogP contribution in [0.5, 0.6) is 0 Å². The highest BCUT2D eigenvalue weighted by atomic mass is 35.5. The lowest BCUT2D eigenvalue weighted by Gasteiger charge is -2.01. The van der Waals surface area contributed by atoms with Crippen molar-refractivity contribution in [3.05, 3.63) is 29.0 Å². The summed E-state index contributed by atoms with van der Waals surface area (Å²) < 4.78 is 0. The summed E-state index contributed by atoms with van der Waals surface area (Å²) in [5.74, 6) is -0.495. The number of aliphatic carboxylic acids is 1. The van der Waals surface area contributed by atoms with Gasteiger partial charge in [-0.15, -0.1) is 0 Å². The van der Waals surface area contributed by atoms with Gasteiger partial charge in [0.15, 0.2) is 0 Å². The van der Waals surface area contributed by atoms with Gasteiger partial charge in [0.2, 0.25) is 0 Å². The molecule has 16 heavy (non-hydrogen) atoms. The number of H-pyrrole nitrogens is 1. The van der Waals surface area contributed by atoms with Gasteiger partial charge in [-0.05, 0) is 18.2 Å². The third-order valence-corrected chi connectivity index (χ3v) is 2.46. The highest BCUT2D eigenvalue weighted by Gasteiger charge is 2.14. The van der Waals surface area contributed by atoms with Gasteiger partial charge in [-0.1, -0.05) is 11.6 Å². The molecule has 0 unspecified atom stereocenters. The van der Waals surface area contributed by atoms with Crippen LogP contribution in [0.25, 0.3) is 11.0 Å². The van der Waals surface area contributed by atoms with Gasteiger partial charge < -0.3 is 15.8 Å². The van der Waals surface area contributed by atoms with Gasteiger partial charge in [-0.3, -0.25) is 4.79 Å². The van der Waals surface area contributed by atoms with E-state index in [9.17, 15) is 4.79 Å². The molecule has 0 bridgehead atoms. The third kappa shape index (κ3) is 2.15. The fraction of sp³-hybridized carbons (Fsp3) is 0.200. The van der Waals surface area contributed by atoms with E-state index in [2.05, 4.69) is 9.97 Å². The van der Waals surface area contributed by atoms with Crippen molar-refractivity contribution in [2.75, 3.05) is 0 Å². The molecule has 6 heteroatoms. The quantitative estimate of drug-likeness (QED) is 0.750. The highest BCUT2D eigenvalue weighted by Crippen LogP contribution is 2.17. The molecule has 0 radical (unpaired) electrons. The summed E-state index contributed by atoms with van der Waals surface area (Å²) in [4.78, 5) is 17.8. The minimum absolute atomic E-state index is 0.168. The number of nitrogens with two attached hydrogens (primary N) is 1. The number of hydrogen-bond acceptors (Lipinski definition) is 3. The van der Waals surface area contributed by atoms with Crippen molar-refractivity contribution in [1.29, 1.82) is 0 Å². The number of nitrogens with zero attached hydrogens (tertiary/aromatic N) is 1. The van der Waals surface area contributed by atoms with Gasteiger partial charge in [0.1, 0.15) is 11.9 Å². The van der Waals surface area contributed by atoms with Crippen LogP contribution in [0.1, 0.15) is 5.82 Å². The van der Waals surface area contributed by atoms with Crippen LogP contribution in [0.2, 0.25) is 5.02 Å². The van der Waals surface area contributed by atoms with E-state index in [1.54, 1.807) is 18.2 Å². The SMILES string of the molecule is N[C@@H](Cc1nc2ccc(Cl)cc2[nH]1)C(=O)O. The number of carbonyl (C=O) groups is 1. The lowest BCUT2D eigenvalue weighted by Crippen LogP contribution is -2.32. The Hall–Kier alpha value is -1.59. The number of carboxylic acids is 1. The monoisotopic (exact) mass is 239 g/mol. The molecular weight excluding hydrogens is 230 g/mol. The van der Waals surface area contributed by atoms with E-state index >= 15 is 0 Å². The van der Waals surface area contributed by atoms with Gasteiger partial charge in [-0.2, -0.15) is 0 Å². The van der Waals surface area contributed by atoms with Crippen LogP contribution in [-0.2, 0) is 11.2 Å². The zero-order chi connectivity index (χ0) is 11.7. The maximum absolute atomic E-state index is 10.6. The second-order valence-corrected chi connectivity index (χ2v) is 3.93. The fourth-order valence-corrected chi connectivity index (χ4v) is 1.60. The van der Waals surface area contributed by atoms with Crippen LogP contribution in [0, 0.1) is 0 Å². The van der Waals surface area contributed by atoms with Crippen molar-refractivity contribution >= 4 is 28.6 Å². The van der Waals surface area contributed by atoms with Gasteiger partial charge in [0.25, 0.3) is 0 Å². The lowest BCUT2D eigenvalue weighted by atomic mass is 10.2. The first kappa shape index (κ1) is 10.9. The number of carboxylic acid groups (broad SMARTS) is 1. The summed E-state index contributed by atoms with van der Waals surface area (Å²) in [7, 11) is 0. The third-order valence-electron chi connectivity index (χ3n) is 2.22. The fourth-order valence-electron chi connectivity index (χ4n) is 1.43. The molecule has 2 aromatic rings. The summed E-state index contributed by atoms with van der Waals surface area (Å²) in [6.45, 7) is 0. The van der Waals surface area contributed by atoms with Crippen molar-refractivity contribution in [1.82, 2.24) is 9.97 Å². The Bertz CT molecular complexity index is 538. The van der Waals surface area contributed by atoms with Crippen molar-refractivity contribution < 1.29 is 9.90 Å². The first-order valence-electron chi connectivity index (χ1n) is 4.69. The first-order valence-corrected chi connectivity index (χ1v) is 5.06. The summed E-state index contributed by atoms with van der Waals surface area (Å²) in [6.07, 6.45) is 0.168. The predicted molar refractivity (Wildman–Crippen MR) is 60.4 cm³/mol.